The maximum absolute atomic E-state index is 12.6. The summed E-state index contributed by atoms with van der Waals surface area (Å²) in [5.74, 6) is 3.57. The summed E-state index contributed by atoms with van der Waals surface area (Å²) in [6.45, 7) is 5.21. The lowest BCUT2D eigenvalue weighted by atomic mass is 9.81. The quantitative estimate of drug-likeness (QED) is 0.742. The molecule has 3 heteroatoms. The van der Waals surface area contributed by atoms with Crippen LogP contribution < -0.4 is 5.32 Å². The summed E-state index contributed by atoms with van der Waals surface area (Å²) in [5, 5.41) is 3.32. The number of piperidine rings is 1. The summed E-state index contributed by atoms with van der Waals surface area (Å²) in [5.41, 5.74) is -0.246. The van der Waals surface area contributed by atoms with Gasteiger partial charge in [-0.25, -0.2) is 0 Å². The van der Waals surface area contributed by atoms with Gasteiger partial charge < -0.3 is 10.2 Å². The van der Waals surface area contributed by atoms with E-state index in [1.165, 1.54) is 12.8 Å². The second kappa shape index (κ2) is 5.10. The van der Waals surface area contributed by atoms with Crippen molar-refractivity contribution in [3.05, 3.63) is 0 Å². The van der Waals surface area contributed by atoms with E-state index in [4.69, 9.17) is 6.42 Å². The minimum absolute atomic E-state index is 0.245. The molecular weight excluding hydrogens is 212 g/mol. The van der Waals surface area contributed by atoms with Crippen LogP contribution in [0.15, 0.2) is 0 Å². The topological polar surface area (TPSA) is 32.3 Å². The van der Waals surface area contributed by atoms with Gasteiger partial charge >= 0.3 is 0 Å². The number of hydrogen-bond donors (Lipinski definition) is 1. The first-order chi connectivity index (χ1) is 8.15. The van der Waals surface area contributed by atoms with Crippen LogP contribution in [0.5, 0.6) is 0 Å². The number of carbonyl (C=O) groups excluding carboxylic acids is 1. The van der Waals surface area contributed by atoms with Crippen LogP contribution in [-0.4, -0.2) is 37.0 Å². The van der Waals surface area contributed by atoms with Crippen LogP contribution in [0.25, 0.3) is 0 Å². The molecule has 1 heterocycles. The first kappa shape index (κ1) is 12.4. The largest absolute Gasteiger partial charge is 0.331 e. The van der Waals surface area contributed by atoms with E-state index in [1.807, 2.05) is 4.90 Å². The van der Waals surface area contributed by atoms with Gasteiger partial charge in [-0.3, -0.25) is 4.79 Å². The van der Waals surface area contributed by atoms with Crippen LogP contribution in [0.4, 0.5) is 0 Å². The fourth-order valence-electron chi connectivity index (χ4n) is 2.56. The van der Waals surface area contributed by atoms with E-state index < -0.39 is 0 Å². The van der Waals surface area contributed by atoms with Crippen molar-refractivity contribution in [2.75, 3.05) is 26.2 Å². The fraction of sp³-hybridized carbons (Fsp3) is 0.786. The predicted molar refractivity (Wildman–Crippen MR) is 68.3 cm³/mol. The van der Waals surface area contributed by atoms with Crippen molar-refractivity contribution in [1.82, 2.24) is 10.2 Å². The molecule has 0 aromatic carbocycles. The molecule has 0 spiro atoms. The third-order valence-electron chi connectivity index (χ3n) is 3.86. The van der Waals surface area contributed by atoms with E-state index in [2.05, 4.69) is 18.2 Å². The minimum atomic E-state index is -0.246. The number of terminal acetylenes is 1. The highest BCUT2D eigenvalue weighted by Gasteiger charge is 2.39. The Hall–Kier alpha value is -1.01. The molecule has 1 saturated carbocycles. The Balaban J connectivity index is 2.00. The van der Waals surface area contributed by atoms with Crippen molar-refractivity contribution in [1.29, 1.82) is 0 Å². The molecule has 94 valence electrons. The SMILES string of the molecule is C#CCN(CC1CC1)C(=O)C1(C)CCCNC1. The zero-order valence-electron chi connectivity index (χ0n) is 10.7. The van der Waals surface area contributed by atoms with Crippen LogP contribution in [0.1, 0.15) is 32.6 Å². The summed E-state index contributed by atoms with van der Waals surface area (Å²) in [6.07, 6.45) is 9.94. The highest BCUT2D eigenvalue weighted by Crippen LogP contribution is 2.33. The van der Waals surface area contributed by atoms with Crippen molar-refractivity contribution in [2.24, 2.45) is 11.3 Å². The van der Waals surface area contributed by atoms with E-state index in [1.54, 1.807) is 0 Å². The number of carbonyl (C=O) groups is 1. The van der Waals surface area contributed by atoms with Gasteiger partial charge in [0.05, 0.1) is 12.0 Å². The van der Waals surface area contributed by atoms with E-state index in [9.17, 15) is 4.79 Å². The second-order valence-electron chi connectivity index (χ2n) is 5.67. The molecule has 17 heavy (non-hydrogen) atoms. The standard InChI is InChI=1S/C14H22N2O/c1-3-9-16(10-12-5-6-12)13(17)14(2)7-4-8-15-11-14/h1,12,15H,4-11H2,2H3. The third kappa shape index (κ3) is 3.01. The van der Waals surface area contributed by atoms with E-state index >= 15 is 0 Å². The number of hydrogen-bond acceptors (Lipinski definition) is 2. The number of amides is 1. The molecule has 0 radical (unpaired) electrons. The average molecular weight is 234 g/mol. The highest BCUT2D eigenvalue weighted by molar-refractivity contribution is 5.83. The predicted octanol–water partition coefficient (Wildman–Crippen LogP) is 1.25. The molecule has 3 nitrogen and oxygen atoms in total. The third-order valence-corrected chi connectivity index (χ3v) is 3.86. The zero-order valence-corrected chi connectivity index (χ0v) is 10.7. The summed E-state index contributed by atoms with van der Waals surface area (Å²) in [6, 6.07) is 0. The highest BCUT2D eigenvalue weighted by atomic mass is 16.2. The lowest BCUT2D eigenvalue weighted by Gasteiger charge is -2.37. The molecule has 1 unspecified atom stereocenters. The van der Waals surface area contributed by atoms with Crippen LogP contribution in [0, 0.1) is 23.7 Å². The van der Waals surface area contributed by atoms with Crippen molar-refractivity contribution < 1.29 is 4.79 Å². The molecule has 1 aliphatic carbocycles. The molecular formula is C14H22N2O. The molecule has 1 atom stereocenters. The van der Waals surface area contributed by atoms with Gasteiger partial charge in [-0.1, -0.05) is 5.92 Å². The summed E-state index contributed by atoms with van der Waals surface area (Å²) < 4.78 is 0. The normalized spacial score (nSPS) is 28.5. The van der Waals surface area contributed by atoms with Crippen molar-refractivity contribution in [2.45, 2.75) is 32.6 Å². The lowest BCUT2D eigenvalue weighted by molar-refractivity contribution is -0.141. The molecule has 1 N–H and O–H groups in total. The van der Waals surface area contributed by atoms with Gasteiger partial charge in [0.1, 0.15) is 0 Å². The van der Waals surface area contributed by atoms with Crippen LogP contribution >= 0.6 is 0 Å². The average Bonchev–Trinajstić information content (AvgIpc) is 3.12. The number of rotatable bonds is 4. The van der Waals surface area contributed by atoms with Gasteiger partial charge in [-0.15, -0.1) is 6.42 Å². The minimum Gasteiger partial charge on any atom is -0.331 e. The summed E-state index contributed by atoms with van der Waals surface area (Å²) in [4.78, 5) is 14.5. The van der Waals surface area contributed by atoms with E-state index in [0.717, 1.165) is 32.5 Å². The number of nitrogens with one attached hydrogen (secondary N) is 1. The Morgan fingerprint density at radius 1 is 1.59 bits per heavy atom. The maximum Gasteiger partial charge on any atom is 0.230 e. The van der Waals surface area contributed by atoms with Crippen molar-refractivity contribution >= 4 is 5.91 Å². The Morgan fingerprint density at radius 3 is 2.88 bits per heavy atom. The van der Waals surface area contributed by atoms with E-state index in [0.29, 0.717) is 12.5 Å². The van der Waals surface area contributed by atoms with Crippen molar-refractivity contribution in [3.63, 3.8) is 0 Å². The van der Waals surface area contributed by atoms with Crippen LogP contribution in [-0.2, 0) is 4.79 Å². The van der Waals surface area contributed by atoms with Gasteiger partial charge in [0.2, 0.25) is 5.91 Å². The first-order valence-electron chi connectivity index (χ1n) is 6.59. The monoisotopic (exact) mass is 234 g/mol. The summed E-state index contributed by atoms with van der Waals surface area (Å²) >= 11 is 0. The second-order valence-corrected chi connectivity index (χ2v) is 5.67. The lowest BCUT2D eigenvalue weighted by Crippen LogP contribution is -2.50. The molecule has 2 aliphatic rings. The maximum atomic E-state index is 12.6. The smallest absolute Gasteiger partial charge is 0.230 e. The molecule has 1 aliphatic heterocycles. The van der Waals surface area contributed by atoms with Gasteiger partial charge in [-0.05, 0) is 45.1 Å². The molecule has 2 rings (SSSR count). The number of nitrogens with zero attached hydrogens (tertiary/aromatic N) is 1. The van der Waals surface area contributed by atoms with Gasteiger partial charge in [0.25, 0.3) is 0 Å². The van der Waals surface area contributed by atoms with Gasteiger partial charge in [0, 0.05) is 13.1 Å². The molecule has 0 aromatic rings. The molecule has 1 saturated heterocycles. The first-order valence-corrected chi connectivity index (χ1v) is 6.59. The Kier molecular flexibility index (Phi) is 3.73. The zero-order chi connectivity index (χ0) is 12.3. The Labute approximate surface area is 104 Å². The molecule has 0 aromatic heterocycles. The Morgan fingerprint density at radius 2 is 2.35 bits per heavy atom. The Bertz CT molecular complexity index is 322. The van der Waals surface area contributed by atoms with Gasteiger partial charge in [0.15, 0.2) is 0 Å². The molecule has 1 amide bonds. The molecule has 0 bridgehead atoms. The van der Waals surface area contributed by atoms with E-state index in [-0.39, 0.29) is 11.3 Å². The summed E-state index contributed by atoms with van der Waals surface area (Å²) in [7, 11) is 0. The van der Waals surface area contributed by atoms with Crippen LogP contribution in [0.3, 0.4) is 0 Å². The van der Waals surface area contributed by atoms with Gasteiger partial charge in [-0.2, -0.15) is 0 Å². The van der Waals surface area contributed by atoms with Crippen molar-refractivity contribution in [3.8, 4) is 12.3 Å². The van der Waals surface area contributed by atoms with Crippen LogP contribution in [0.2, 0.25) is 0 Å². The molecule has 2 fully saturated rings. The fourth-order valence-corrected chi connectivity index (χ4v) is 2.56.